The normalized spacial score (nSPS) is 19.7. The molecule has 7 heteroatoms. The molecule has 0 bridgehead atoms. The van der Waals surface area contributed by atoms with E-state index in [4.69, 9.17) is 28.4 Å². The van der Waals surface area contributed by atoms with E-state index in [-0.39, 0.29) is 12.4 Å². The van der Waals surface area contributed by atoms with Crippen LogP contribution in [0.3, 0.4) is 0 Å². The minimum absolute atomic E-state index is 0.0355. The lowest BCUT2D eigenvalue weighted by Gasteiger charge is -2.46. The zero-order valence-electron chi connectivity index (χ0n) is 30.2. The smallest absolute Gasteiger partial charge is 0.125 e. The Bertz CT molecular complexity index is 1960. The van der Waals surface area contributed by atoms with Crippen LogP contribution in [0.5, 0.6) is 11.5 Å². The summed E-state index contributed by atoms with van der Waals surface area (Å²) in [4.78, 5) is 0. The Morgan fingerprint density at radius 3 is 1.35 bits per heavy atom. The second kappa shape index (κ2) is 19.2. The van der Waals surface area contributed by atoms with Gasteiger partial charge in [-0.3, -0.25) is 0 Å². The van der Waals surface area contributed by atoms with Crippen LogP contribution in [0.2, 0.25) is 0 Å². The molecule has 0 saturated carbocycles. The number of hydrogen-bond acceptors (Lipinski definition) is 7. The molecule has 0 radical (unpaired) electrons. The van der Waals surface area contributed by atoms with Crippen LogP contribution in [0, 0.1) is 0 Å². The lowest BCUT2D eigenvalue weighted by molar-refractivity contribution is -0.275. The predicted octanol–water partition coefficient (Wildman–Crippen LogP) is 9.38. The predicted molar refractivity (Wildman–Crippen MR) is 208 cm³/mol. The number of ether oxygens (including phenoxy) is 6. The Hall–Kier alpha value is -5.28. The molecule has 7 nitrogen and oxygen atoms in total. The van der Waals surface area contributed by atoms with Crippen LogP contribution < -0.4 is 4.74 Å². The van der Waals surface area contributed by atoms with Crippen LogP contribution in [0.15, 0.2) is 170 Å². The molecule has 1 heterocycles. The summed E-state index contributed by atoms with van der Waals surface area (Å²) in [5, 5.41) is 11.6. The monoisotopic (exact) mass is 722 g/mol. The molecule has 1 aliphatic rings. The van der Waals surface area contributed by atoms with Crippen LogP contribution in [-0.2, 0) is 56.7 Å². The van der Waals surface area contributed by atoms with Crippen molar-refractivity contribution in [2.24, 2.45) is 0 Å². The van der Waals surface area contributed by atoms with Gasteiger partial charge in [0.1, 0.15) is 48.6 Å². The maximum atomic E-state index is 11.6. The molecule has 1 fully saturated rings. The van der Waals surface area contributed by atoms with Gasteiger partial charge < -0.3 is 33.5 Å². The summed E-state index contributed by atoms with van der Waals surface area (Å²) in [6, 6.07) is 55.4. The van der Waals surface area contributed by atoms with Crippen LogP contribution >= 0.6 is 0 Å². The fraction of sp³-hybridized carbons (Fsp3) is 0.234. The van der Waals surface area contributed by atoms with Gasteiger partial charge >= 0.3 is 0 Å². The Labute approximate surface area is 317 Å². The summed E-state index contributed by atoms with van der Waals surface area (Å²) in [6.07, 6.45) is -3.19. The molecule has 5 atom stereocenters. The highest BCUT2D eigenvalue weighted by molar-refractivity contribution is 5.42. The Balaban J connectivity index is 1.22. The molecule has 1 aliphatic heterocycles. The standard InChI is InChI=1S/C47H46O7/c48-42-28-40(50-30-36-18-8-2-9-19-36)26-27-41(42)44-46(52-32-38-22-12-4-13-23-38)47(53-33-39-24-14-5-15-25-39)45(51-31-37-20-10-3-11-21-37)43(54-44)34-49-29-35-16-6-1-7-17-35/h1-28,43-48H,29-34H2/t43-,44-,45-,46-,47+/m1/s1. The number of phenolic OH excluding ortho intramolecular Hbond substituents is 1. The van der Waals surface area contributed by atoms with Crippen molar-refractivity contribution < 1.29 is 33.5 Å². The summed E-state index contributed by atoms with van der Waals surface area (Å²) in [5.74, 6) is 0.578. The highest BCUT2D eigenvalue weighted by Crippen LogP contribution is 2.42. The number of aromatic hydroxyl groups is 1. The molecule has 7 rings (SSSR count). The number of rotatable bonds is 17. The summed E-state index contributed by atoms with van der Waals surface area (Å²) in [7, 11) is 0. The van der Waals surface area contributed by atoms with E-state index in [0.717, 1.165) is 27.8 Å². The second-order valence-electron chi connectivity index (χ2n) is 13.4. The third-order valence-electron chi connectivity index (χ3n) is 9.44. The molecule has 0 unspecified atom stereocenters. The molecule has 1 saturated heterocycles. The summed E-state index contributed by atoms with van der Waals surface area (Å²) in [6.45, 7) is 1.96. The van der Waals surface area contributed by atoms with Gasteiger partial charge in [-0.1, -0.05) is 152 Å². The maximum absolute atomic E-state index is 11.6. The average molecular weight is 723 g/mol. The van der Waals surface area contributed by atoms with Crippen LogP contribution in [-0.4, -0.2) is 36.1 Å². The van der Waals surface area contributed by atoms with Crippen LogP contribution in [0.1, 0.15) is 39.5 Å². The number of benzene rings is 6. The van der Waals surface area contributed by atoms with Gasteiger partial charge in [0.05, 0.1) is 33.0 Å². The highest BCUT2D eigenvalue weighted by atomic mass is 16.6. The quantitative estimate of drug-likeness (QED) is 0.101. The van der Waals surface area contributed by atoms with Gasteiger partial charge in [0.2, 0.25) is 0 Å². The highest BCUT2D eigenvalue weighted by Gasteiger charge is 2.49. The fourth-order valence-electron chi connectivity index (χ4n) is 6.63. The molecular weight excluding hydrogens is 677 g/mol. The van der Waals surface area contributed by atoms with Crippen molar-refractivity contribution in [3.05, 3.63) is 203 Å². The second-order valence-corrected chi connectivity index (χ2v) is 13.4. The van der Waals surface area contributed by atoms with E-state index >= 15 is 0 Å². The summed E-state index contributed by atoms with van der Waals surface area (Å²) >= 11 is 0. The van der Waals surface area contributed by atoms with Crippen molar-refractivity contribution in [2.75, 3.05) is 6.61 Å². The van der Waals surface area contributed by atoms with E-state index in [0.29, 0.717) is 44.3 Å². The third kappa shape index (κ3) is 10.2. The summed E-state index contributed by atoms with van der Waals surface area (Å²) < 4.78 is 39.9. The minimum Gasteiger partial charge on any atom is -0.507 e. The number of phenols is 1. The Morgan fingerprint density at radius 2 is 0.870 bits per heavy atom. The first-order valence-corrected chi connectivity index (χ1v) is 18.4. The van der Waals surface area contributed by atoms with E-state index < -0.39 is 30.5 Å². The van der Waals surface area contributed by atoms with Crippen molar-refractivity contribution in [2.45, 2.75) is 63.6 Å². The first kappa shape index (κ1) is 37.1. The molecule has 0 aliphatic carbocycles. The van der Waals surface area contributed by atoms with E-state index in [1.54, 1.807) is 6.07 Å². The van der Waals surface area contributed by atoms with Crippen molar-refractivity contribution in [1.82, 2.24) is 0 Å². The molecule has 54 heavy (non-hydrogen) atoms. The minimum atomic E-state index is -0.737. The van der Waals surface area contributed by atoms with Crippen molar-refractivity contribution in [3.8, 4) is 11.5 Å². The van der Waals surface area contributed by atoms with Gasteiger partial charge in [0.25, 0.3) is 0 Å². The average Bonchev–Trinajstić information content (AvgIpc) is 3.23. The molecule has 276 valence electrons. The molecule has 0 spiro atoms. The SMILES string of the molecule is Oc1cc(OCc2ccccc2)ccc1[C@H]1O[C@H](COCc2ccccc2)[C@@H](OCc2ccccc2)[C@H](OCc2ccccc2)[C@@H]1OCc1ccccc1. The zero-order valence-corrected chi connectivity index (χ0v) is 30.2. The first-order chi connectivity index (χ1) is 26.7. The van der Waals surface area contributed by atoms with Crippen LogP contribution in [0.4, 0.5) is 0 Å². The lowest BCUT2D eigenvalue weighted by atomic mass is 9.89. The Morgan fingerprint density at radius 1 is 0.444 bits per heavy atom. The van der Waals surface area contributed by atoms with E-state index in [1.165, 1.54) is 0 Å². The molecule has 0 aromatic heterocycles. The first-order valence-electron chi connectivity index (χ1n) is 18.4. The zero-order chi connectivity index (χ0) is 36.8. The largest absolute Gasteiger partial charge is 0.507 e. The molecule has 6 aromatic carbocycles. The van der Waals surface area contributed by atoms with E-state index in [2.05, 4.69) is 0 Å². The topological polar surface area (TPSA) is 75.6 Å². The molecule has 1 N–H and O–H groups in total. The van der Waals surface area contributed by atoms with Gasteiger partial charge in [-0.25, -0.2) is 0 Å². The van der Waals surface area contributed by atoms with Crippen LogP contribution in [0.25, 0.3) is 0 Å². The number of hydrogen-bond donors (Lipinski definition) is 1. The van der Waals surface area contributed by atoms with Gasteiger partial charge in [-0.2, -0.15) is 0 Å². The lowest BCUT2D eigenvalue weighted by Crippen LogP contribution is -2.58. The van der Waals surface area contributed by atoms with Crippen molar-refractivity contribution in [1.29, 1.82) is 0 Å². The van der Waals surface area contributed by atoms with Gasteiger partial charge in [-0.15, -0.1) is 0 Å². The van der Waals surface area contributed by atoms with Crippen molar-refractivity contribution in [3.63, 3.8) is 0 Å². The molecular formula is C47H46O7. The molecule has 0 amide bonds. The van der Waals surface area contributed by atoms with Crippen molar-refractivity contribution >= 4 is 0 Å². The molecule has 6 aromatic rings. The van der Waals surface area contributed by atoms with Gasteiger partial charge in [0, 0.05) is 11.6 Å². The summed E-state index contributed by atoms with van der Waals surface area (Å²) in [5.41, 5.74) is 5.69. The third-order valence-corrected chi connectivity index (χ3v) is 9.44. The maximum Gasteiger partial charge on any atom is 0.125 e. The van der Waals surface area contributed by atoms with Gasteiger partial charge in [-0.05, 0) is 39.9 Å². The van der Waals surface area contributed by atoms with E-state index in [9.17, 15) is 5.11 Å². The fourth-order valence-corrected chi connectivity index (χ4v) is 6.63. The Kier molecular flexibility index (Phi) is 13.2. The van der Waals surface area contributed by atoms with E-state index in [1.807, 2.05) is 164 Å². The van der Waals surface area contributed by atoms with Gasteiger partial charge in [0.15, 0.2) is 0 Å².